The Balaban J connectivity index is 1.94. The number of anilines is 1. The van der Waals surface area contributed by atoms with Crippen LogP contribution in [-0.4, -0.2) is 25.6 Å². The Hall–Kier alpha value is -2.96. The van der Waals surface area contributed by atoms with Crippen LogP contribution in [0.3, 0.4) is 0 Å². The summed E-state index contributed by atoms with van der Waals surface area (Å²) in [6, 6.07) is 6.27. The summed E-state index contributed by atoms with van der Waals surface area (Å²) >= 11 is 0. The van der Waals surface area contributed by atoms with Crippen molar-refractivity contribution in [3.05, 3.63) is 30.0 Å². The van der Waals surface area contributed by atoms with E-state index in [0.717, 1.165) is 33.5 Å². The molecule has 2 aromatic heterocycles. The number of fused-ring (bicyclic) bond motifs is 2. The summed E-state index contributed by atoms with van der Waals surface area (Å²) in [6.07, 6.45) is 2.43. The first-order valence-corrected chi connectivity index (χ1v) is 7.50. The predicted molar refractivity (Wildman–Crippen MR) is 90.5 cm³/mol. The molecule has 0 bridgehead atoms. The van der Waals surface area contributed by atoms with Gasteiger partial charge in [-0.2, -0.15) is 10.1 Å². The maximum absolute atomic E-state index is 5.82. The zero-order valence-electron chi connectivity index (χ0n) is 13.0. The molecule has 7 nitrogen and oxygen atoms in total. The molecule has 0 atom stereocenters. The van der Waals surface area contributed by atoms with Gasteiger partial charge in [-0.15, -0.1) is 0 Å². The van der Waals surface area contributed by atoms with Gasteiger partial charge in [0.15, 0.2) is 5.65 Å². The first-order chi connectivity index (χ1) is 11.0. The fraction of sp³-hybridized carbons (Fsp3) is 0.250. The van der Waals surface area contributed by atoms with E-state index >= 15 is 0 Å². The molecule has 3 aromatic rings. The molecule has 4 N–H and O–H groups in total. The molecule has 1 aliphatic heterocycles. The van der Waals surface area contributed by atoms with Crippen molar-refractivity contribution in [3.8, 4) is 11.3 Å². The van der Waals surface area contributed by atoms with Gasteiger partial charge < -0.3 is 11.5 Å². The van der Waals surface area contributed by atoms with Crippen molar-refractivity contribution in [2.75, 3.05) is 5.73 Å². The highest BCUT2D eigenvalue weighted by atomic mass is 15.3. The molecule has 4 rings (SSSR count). The van der Waals surface area contributed by atoms with E-state index in [1.807, 2.05) is 22.9 Å². The number of hydrogen-bond donors (Lipinski definition) is 2. The van der Waals surface area contributed by atoms with Crippen LogP contribution in [-0.2, 0) is 6.42 Å². The molecule has 0 amide bonds. The zero-order chi connectivity index (χ0) is 16.1. The standard InChI is InChI=1S/C16H17N7/c1-8(2)23-15-11(7-19-16(18)21-15)14(22-23)10-4-3-9-6-13(17)20-12(9)5-10/h3-5,7-8H,6H2,1-2H3,(H2,17,20)(H2,18,19,21). The normalized spacial score (nSPS) is 13.6. The van der Waals surface area contributed by atoms with E-state index in [0.29, 0.717) is 12.3 Å². The summed E-state index contributed by atoms with van der Waals surface area (Å²) in [4.78, 5) is 12.8. The monoisotopic (exact) mass is 307 g/mol. The van der Waals surface area contributed by atoms with Crippen LogP contribution in [0.1, 0.15) is 25.5 Å². The highest BCUT2D eigenvalue weighted by Crippen LogP contribution is 2.34. The zero-order valence-corrected chi connectivity index (χ0v) is 13.0. The van der Waals surface area contributed by atoms with E-state index in [4.69, 9.17) is 16.6 Å². The topological polar surface area (TPSA) is 108 Å². The maximum atomic E-state index is 5.82. The first-order valence-electron chi connectivity index (χ1n) is 7.50. The third-order valence-electron chi connectivity index (χ3n) is 3.95. The van der Waals surface area contributed by atoms with Crippen molar-refractivity contribution in [2.24, 2.45) is 10.7 Å². The SMILES string of the molecule is CC(C)n1nc(-c2ccc3c(c2)N=C(N)C3)c2cnc(N)nc21. The lowest BCUT2D eigenvalue weighted by Crippen LogP contribution is -2.09. The van der Waals surface area contributed by atoms with Crippen LogP contribution in [0.15, 0.2) is 29.4 Å². The van der Waals surface area contributed by atoms with E-state index in [-0.39, 0.29) is 12.0 Å². The Labute approximate surface area is 133 Å². The largest absolute Gasteiger partial charge is 0.387 e. The Morgan fingerprint density at radius 3 is 2.83 bits per heavy atom. The van der Waals surface area contributed by atoms with Crippen molar-refractivity contribution in [1.29, 1.82) is 0 Å². The third kappa shape index (κ3) is 2.12. The average molecular weight is 307 g/mol. The molecule has 1 aromatic carbocycles. The van der Waals surface area contributed by atoms with Crippen LogP contribution in [0.5, 0.6) is 0 Å². The molecule has 0 saturated carbocycles. The second kappa shape index (κ2) is 4.77. The van der Waals surface area contributed by atoms with Crippen molar-refractivity contribution in [3.63, 3.8) is 0 Å². The van der Waals surface area contributed by atoms with Gasteiger partial charge in [0, 0.05) is 24.2 Å². The van der Waals surface area contributed by atoms with Gasteiger partial charge in [-0.05, 0) is 25.5 Å². The Bertz CT molecular complexity index is 952. The van der Waals surface area contributed by atoms with Gasteiger partial charge in [0.25, 0.3) is 0 Å². The van der Waals surface area contributed by atoms with E-state index in [9.17, 15) is 0 Å². The molecule has 23 heavy (non-hydrogen) atoms. The number of rotatable bonds is 2. The quantitative estimate of drug-likeness (QED) is 0.754. The number of aliphatic imine (C=N–C) groups is 1. The lowest BCUT2D eigenvalue weighted by molar-refractivity contribution is 0.548. The number of aromatic nitrogens is 4. The van der Waals surface area contributed by atoms with Gasteiger partial charge in [0.2, 0.25) is 5.95 Å². The van der Waals surface area contributed by atoms with Crippen LogP contribution in [0.2, 0.25) is 0 Å². The van der Waals surface area contributed by atoms with Crippen molar-refractivity contribution in [1.82, 2.24) is 19.7 Å². The number of hydrogen-bond acceptors (Lipinski definition) is 6. The van der Waals surface area contributed by atoms with Crippen LogP contribution in [0.4, 0.5) is 11.6 Å². The third-order valence-corrected chi connectivity index (χ3v) is 3.95. The van der Waals surface area contributed by atoms with Gasteiger partial charge in [-0.25, -0.2) is 14.7 Å². The van der Waals surface area contributed by atoms with Crippen molar-refractivity contribution < 1.29 is 0 Å². The molecule has 0 saturated heterocycles. The number of nitrogens with two attached hydrogens (primary N) is 2. The van der Waals surface area contributed by atoms with Gasteiger partial charge in [-0.3, -0.25) is 0 Å². The Morgan fingerprint density at radius 1 is 1.22 bits per heavy atom. The average Bonchev–Trinajstić information content (AvgIpc) is 3.05. The Morgan fingerprint density at radius 2 is 2.04 bits per heavy atom. The highest BCUT2D eigenvalue weighted by molar-refractivity contribution is 5.95. The number of benzene rings is 1. The lowest BCUT2D eigenvalue weighted by atomic mass is 10.0. The summed E-state index contributed by atoms with van der Waals surface area (Å²) in [7, 11) is 0. The van der Waals surface area contributed by atoms with Gasteiger partial charge in [0.05, 0.1) is 11.1 Å². The van der Waals surface area contributed by atoms with Gasteiger partial charge in [0.1, 0.15) is 11.5 Å². The molecule has 0 unspecified atom stereocenters. The van der Waals surface area contributed by atoms with E-state index in [1.165, 1.54) is 0 Å². The molecule has 7 heteroatoms. The number of nitrogen functional groups attached to an aromatic ring is 1. The minimum atomic E-state index is 0.170. The highest BCUT2D eigenvalue weighted by Gasteiger charge is 2.19. The molecule has 0 radical (unpaired) electrons. The molecular formula is C16H17N7. The van der Waals surface area contributed by atoms with Crippen LogP contribution in [0, 0.1) is 0 Å². The van der Waals surface area contributed by atoms with Crippen LogP contribution in [0.25, 0.3) is 22.3 Å². The van der Waals surface area contributed by atoms with Gasteiger partial charge in [-0.1, -0.05) is 12.1 Å². The predicted octanol–water partition coefficient (Wildman–Crippen LogP) is 2.20. The van der Waals surface area contributed by atoms with E-state index < -0.39 is 0 Å². The molecule has 0 spiro atoms. The molecule has 0 aliphatic carbocycles. The summed E-state index contributed by atoms with van der Waals surface area (Å²) in [6.45, 7) is 4.12. The van der Waals surface area contributed by atoms with Crippen LogP contribution >= 0.6 is 0 Å². The summed E-state index contributed by atoms with van der Waals surface area (Å²) in [5.41, 5.74) is 16.1. The summed E-state index contributed by atoms with van der Waals surface area (Å²) in [5.74, 6) is 0.892. The second-order valence-electron chi connectivity index (χ2n) is 5.98. The molecule has 116 valence electrons. The molecule has 3 heterocycles. The first kappa shape index (κ1) is 13.7. The minimum Gasteiger partial charge on any atom is -0.387 e. The smallest absolute Gasteiger partial charge is 0.222 e. The lowest BCUT2D eigenvalue weighted by Gasteiger charge is -2.05. The molecule has 0 fully saturated rings. The minimum absolute atomic E-state index is 0.170. The summed E-state index contributed by atoms with van der Waals surface area (Å²) < 4.78 is 1.87. The maximum Gasteiger partial charge on any atom is 0.222 e. The van der Waals surface area contributed by atoms with E-state index in [1.54, 1.807) is 6.20 Å². The number of amidine groups is 1. The number of nitrogens with zero attached hydrogens (tertiary/aromatic N) is 5. The van der Waals surface area contributed by atoms with Gasteiger partial charge >= 0.3 is 0 Å². The van der Waals surface area contributed by atoms with Crippen molar-refractivity contribution >= 4 is 28.5 Å². The summed E-state index contributed by atoms with van der Waals surface area (Å²) in [5, 5.41) is 5.60. The van der Waals surface area contributed by atoms with E-state index in [2.05, 4.69) is 28.8 Å². The van der Waals surface area contributed by atoms with Crippen molar-refractivity contribution in [2.45, 2.75) is 26.3 Å². The second-order valence-corrected chi connectivity index (χ2v) is 5.98. The molecular weight excluding hydrogens is 290 g/mol. The fourth-order valence-corrected chi connectivity index (χ4v) is 2.86. The fourth-order valence-electron chi connectivity index (χ4n) is 2.86. The van der Waals surface area contributed by atoms with Crippen LogP contribution < -0.4 is 11.5 Å². The molecule has 1 aliphatic rings. The Kier molecular flexibility index (Phi) is 2.84.